The van der Waals surface area contributed by atoms with Crippen molar-refractivity contribution in [2.75, 3.05) is 0 Å². The number of Topliss-reactive ketones (excluding diaryl/α,β-unsaturated/α-hetero) is 1. The number of benzene rings is 1. The molecular weight excluding hydrogens is 315 g/mol. The Morgan fingerprint density at radius 3 is 1.05 bits per heavy atom. The second-order valence-corrected chi connectivity index (χ2v) is 6.00. The Labute approximate surface area is 139 Å². The Bertz CT molecular complexity index is 226. The lowest BCUT2D eigenvalue weighted by atomic mass is 10.2. The number of halogens is 3. The van der Waals surface area contributed by atoms with Gasteiger partial charge in [0.1, 0.15) is 5.78 Å². The molecule has 0 radical (unpaired) electrons. The Morgan fingerprint density at radius 1 is 0.800 bits per heavy atom. The number of carbonyl (C=O) groups excluding carboxylic acids is 1. The van der Waals surface area contributed by atoms with E-state index in [1.807, 2.05) is 36.4 Å². The topological polar surface area (TPSA) is 17.1 Å². The summed E-state index contributed by atoms with van der Waals surface area (Å²) in [4.78, 5) is 9.44. The van der Waals surface area contributed by atoms with Gasteiger partial charge in [-0.1, -0.05) is 111 Å². The lowest BCUT2D eigenvalue weighted by Crippen LogP contribution is -1.69. The molecule has 1 aromatic carbocycles. The molecule has 0 fully saturated rings. The van der Waals surface area contributed by atoms with Gasteiger partial charge in [-0.25, -0.2) is 0 Å². The molecule has 1 aromatic rings. The number of unbranched alkanes of at least 4 members (excludes halogenated alkanes) is 3. The van der Waals surface area contributed by atoms with Crippen LogP contribution in [0.5, 0.6) is 0 Å². The van der Waals surface area contributed by atoms with Crippen LogP contribution in [0, 0.1) is 0 Å². The van der Waals surface area contributed by atoms with Gasteiger partial charge in [-0.05, 0) is 13.8 Å². The summed E-state index contributed by atoms with van der Waals surface area (Å²) in [7, 11) is 0. The molecule has 0 saturated carbocycles. The van der Waals surface area contributed by atoms with Gasteiger partial charge in [0.2, 0.25) is 0 Å². The fourth-order valence-electron chi connectivity index (χ4n) is 0.885. The molecule has 1 rings (SSSR count). The molecule has 0 atom stereocenters. The van der Waals surface area contributed by atoms with Crippen LogP contribution in [-0.4, -0.2) is 10.1 Å². The average Bonchev–Trinajstić information content (AvgIpc) is 2.38. The highest BCUT2D eigenvalue weighted by Gasteiger charge is 1.79. The Morgan fingerprint density at radius 2 is 0.950 bits per heavy atom. The van der Waals surface area contributed by atoms with Crippen LogP contribution in [0.4, 0.5) is 0 Å². The monoisotopic (exact) mass is 340 g/mol. The van der Waals surface area contributed by atoms with Gasteiger partial charge < -0.3 is 4.79 Å². The summed E-state index contributed by atoms with van der Waals surface area (Å²) >= 11 is 14.4. The number of rotatable bonds is 3. The molecule has 0 aliphatic heterocycles. The molecule has 20 heavy (non-hydrogen) atoms. The van der Waals surface area contributed by atoms with Crippen molar-refractivity contribution in [3.63, 3.8) is 0 Å². The molecule has 0 spiro atoms. The van der Waals surface area contributed by atoms with Crippen LogP contribution in [0.15, 0.2) is 36.4 Å². The van der Waals surface area contributed by atoms with E-state index in [1.54, 1.807) is 0 Å². The van der Waals surface area contributed by atoms with Crippen LogP contribution in [0.3, 0.4) is 0 Å². The maximum Gasteiger partial charge on any atom is 0.180 e. The molecule has 0 aliphatic carbocycles. The Balaban J connectivity index is -0.000000197. The summed E-state index contributed by atoms with van der Waals surface area (Å²) in [6.07, 6.45) is 5.54. The fraction of sp³-hybridized carbons (Fsp3) is 0.562. The van der Waals surface area contributed by atoms with Gasteiger partial charge in [-0.15, -0.1) is 0 Å². The molecule has 0 unspecified atom stereocenters. The summed E-state index contributed by atoms with van der Waals surface area (Å²) in [6, 6.07) is 12.0. The highest BCUT2D eigenvalue weighted by atomic mass is 35.6. The highest BCUT2D eigenvalue weighted by Crippen LogP contribution is 2.03. The maximum absolute atomic E-state index is 9.44. The predicted molar refractivity (Wildman–Crippen MR) is 94.0 cm³/mol. The summed E-state index contributed by atoms with van der Waals surface area (Å²) in [5.41, 5.74) is 0. The van der Waals surface area contributed by atoms with E-state index in [0.717, 1.165) is 0 Å². The summed E-state index contributed by atoms with van der Waals surface area (Å²) < 4.78 is -0.750. The summed E-state index contributed by atoms with van der Waals surface area (Å²) in [6.45, 7) is 7.52. The van der Waals surface area contributed by atoms with E-state index in [4.69, 9.17) is 34.8 Å². The molecule has 0 bridgehead atoms. The lowest BCUT2D eigenvalue weighted by molar-refractivity contribution is -0.114. The zero-order valence-electron chi connectivity index (χ0n) is 12.9. The number of carbonyl (C=O) groups is 1. The molecular formula is C16H27Cl3O. The van der Waals surface area contributed by atoms with Crippen molar-refractivity contribution in [3.8, 4) is 0 Å². The van der Waals surface area contributed by atoms with Crippen LogP contribution in [0.1, 0.15) is 53.4 Å². The van der Waals surface area contributed by atoms with Crippen molar-refractivity contribution >= 4 is 40.6 Å². The molecule has 1 nitrogen and oxygen atoms in total. The van der Waals surface area contributed by atoms with Gasteiger partial charge in [0.15, 0.2) is 4.30 Å². The minimum absolute atomic E-state index is 0.167. The Kier molecular flexibility index (Phi) is 29.5. The van der Waals surface area contributed by atoms with Crippen molar-refractivity contribution in [2.45, 2.75) is 57.7 Å². The van der Waals surface area contributed by atoms with Gasteiger partial charge in [-0.3, -0.25) is 0 Å². The normalized spacial score (nSPS) is 8.20. The van der Waals surface area contributed by atoms with E-state index in [2.05, 4.69) is 13.8 Å². The first-order valence-corrected chi connectivity index (χ1v) is 8.08. The van der Waals surface area contributed by atoms with Crippen molar-refractivity contribution in [3.05, 3.63) is 36.4 Å². The quantitative estimate of drug-likeness (QED) is 0.433. The zero-order chi connectivity index (χ0) is 16.2. The summed E-state index contributed by atoms with van der Waals surface area (Å²) in [5.74, 6) is 0.167. The average molecular weight is 342 g/mol. The van der Waals surface area contributed by atoms with E-state index in [9.17, 15) is 4.79 Å². The summed E-state index contributed by atoms with van der Waals surface area (Å²) in [5, 5.41) is 0. The second kappa shape index (κ2) is 23.8. The lowest BCUT2D eigenvalue weighted by Gasteiger charge is -1.86. The molecule has 0 aliphatic rings. The highest BCUT2D eigenvalue weighted by molar-refractivity contribution is 6.63. The van der Waals surface area contributed by atoms with E-state index in [-0.39, 0.29) is 5.78 Å². The maximum atomic E-state index is 9.44. The van der Waals surface area contributed by atoms with Crippen molar-refractivity contribution in [1.82, 2.24) is 0 Å². The fourth-order valence-corrected chi connectivity index (χ4v) is 0.885. The van der Waals surface area contributed by atoms with Crippen LogP contribution in [0.2, 0.25) is 0 Å². The molecule has 0 aromatic heterocycles. The Hall–Kier alpha value is -0.240. The SMILES string of the molecule is CC(C)=O.CCCCCC.ClC(Cl)Cl.c1ccccc1. The van der Waals surface area contributed by atoms with E-state index in [0.29, 0.717) is 0 Å². The van der Waals surface area contributed by atoms with Crippen LogP contribution >= 0.6 is 34.8 Å². The number of ketones is 1. The van der Waals surface area contributed by atoms with Gasteiger partial charge in [0, 0.05) is 0 Å². The molecule has 4 heteroatoms. The largest absolute Gasteiger partial charge is 0.300 e. The van der Waals surface area contributed by atoms with Crippen LogP contribution in [0.25, 0.3) is 0 Å². The van der Waals surface area contributed by atoms with Crippen LogP contribution in [-0.2, 0) is 4.79 Å². The first-order valence-electron chi connectivity index (χ1n) is 6.77. The molecule has 118 valence electrons. The van der Waals surface area contributed by atoms with Crippen molar-refractivity contribution in [1.29, 1.82) is 0 Å². The first kappa shape index (κ1) is 24.8. The third kappa shape index (κ3) is 65.0. The molecule has 0 amide bonds. The molecule has 0 saturated heterocycles. The number of hydrogen-bond donors (Lipinski definition) is 0. The third-order valence-corrected chi connectivity index (χ3v) is 1.62. The smallest absolute Gasteiger partial charge is 0.180 e. The van der Waals surface area contributed by atoms with Gasteiger partial charge in [0.25, 0.3) is 0 Å². The minimum atomic E-state index is -0.750. The van der Waals surface area contributed by atoms with Gasteiger partial charge in [-0.2, -0.15) is 0 Å². The second-order valence-electron chi connectivity index (χ2n) is 4.02. The third-order valence-electron chi connectivity index (χ3n) is 1.62. The van der Waals surface area contributed by atoms with E-state index >= 15 is 0 Å². The number of alkyl halides is 3. The van der Waals surface area contributed by atoms with E-state index in [1.165, 1.54) is 39.5 Å². The van der Waals surface area contributed by atoms with E-state index < -0.39 is 4.30 Å². The first-order chi connectivity index (χ1) is 9.38. The zero-order valence-corrected chi connectivity index (χ0v) is 15.2. The molecule has 0 heterocycles. The van der Waals surface area contributed by atoms with Crippen molar-refractivity contribution in [2.24, 2.45) is 0 Å². The van der Waals surface area contributed by atoms with Crippen molar-refractivity contribution < 1.29 is 4.79 Å². The van der Waals surface area contributed by atoms with Gasteiger partial charge >= 0.3 is 0 Å². The predicted octanol–water partition coefficient (Wildman–Crippen LogP) is 6.85. The molecule has 0 N–H and O–H groups in total. The van der Waals surface area contributed by atoms with Crippen LogP contribution < -0.4 is 0 Å². The van der Waals surface area contributed by atoms with Gasteiger partial charge in [0.05, 0.1) is 0 Å². The standard InChI is InChI=1S/C6H6.C6H14.C3H6O.CHCl3/c1-2-4-6-5-3-1;1-3-5-6-4-2;1-3(2)4;2-1(3)4/h1-6H;3-6H2,1-2H3;1-2H3;1H. The minimum Gasteiger partial charge on any atom is -0.300 e. The number of hydrogen-bond acceptors (Lipinski definition) is 1.